The number of unbranched alkanes of at least 4 members (excludes halogenated alkanes) is 2. The van der Waals surface area contributed by atoms with Gasteiger partial charge >= 0.3 is 0 Å². The summed E-state index contributed by atoms with van der Waals surface area (Å²) in [5.74, 6) is -0.0457. The summed E-state index contributed by atoms with van der Waals surface area (Å²) in [4.78, 5) is 0.226. The molecule has 28 heavy (non-hydrogen) atoms. The summed E-state index contributed by atoms with van der Waals surface area (Å²) in [6.45, 7) is 4.04. The maximum atomic E-state index is 13.3. The fraction of sp³-hybridized carbons (Fsp3) is 0.286. The van der Waals surface area contributed by atoms with Crippen LogP contribution in [0.2, 0.25) is 0 Å². The highest BCUT2D eigenvalue weighted by atomic mass is 32.2. The molecule has 0 atom stereocenters. The van der Waals surface area contributed by atoms with Crippen LogP contribution in [-0.4, -0.2) is 23.4 Å². The van der Waals surface area contributed by atoms with Crippen molar-refractivity contribution < 1.29 is 13.6 Å². The maximum Gasteiger partial charge on any atom is 0.268 e. The lowest BCUT2D eigenvalue weighted by Crippen LogP contribution is -2.15. The molecule has 0 aliphatic heterocycles. The lowest BCUT2D eigenvalue weighted by atomic mass is 10.0. The Kier molecular flexibility index (Phi) is 5.74. The SMILES string of the molecule is CCCCCc1ccc(/C(N)=N/O)c2ccn(S(=O)(=O)c3ccc(C)cc3)c12. The van der Waals surface area contributed by atoms with Crippen molar-refractivity contribution in [2.24, 2.45) is 10.9 Å². The van der Waals surface area contributed by atoms with Gasteiger partial charge in [0.2, 0.25) is 0 Å². The first-order chi connectivity index (χ1) is 13.4. The van der Waals surface area contributed by atoms with Gasteiger partial charge in [0.15, 0.2) is 5.84 Å². The van der Waals surface area contributed by atoms with Crippen molar-refractivity contribution in [1.82, 2.24) is 3.97 Å². The first-order valence-corrected chi connectivity index (χ1v) is 10.8. The molecule has 0 saturated heterocycles. The predicted molar refractivity (Wildman–Crippen MR) is 111 cm³/mol. The number of amidine groups is 1. The smallest absolute Gasteiger partial charge is 0.268 e. The fourth-order valence-corrected chi connectivity index (χ4v) is 4.75. The molecule has 3 rings (SSSR count). The van der Waals surface area contributed by atoms with Crippen molar-refractivity contribution in [3.8, 4) is 0 Å². The molecule has 0 aliphatic rings. The van der Waals surface area contributed by atoms with Gasteiger partial charge in [-0.3, -0.25) is 0 Å². The Balaban J connectivity index is 2.23. The van der Waals surface area contributed by atoms with Gasteiger partial charge in [-0.25, -0.2) is 12.4 Å². The Morgan fingerprint density at radius 2 is 1.82 bits per heavy atom. The molecule has 0 fully saturated rings. The standard InChI is InChI=1S/C21H25N3O3S/c1-3-4-5-6-16-9-12-19(21(22)23-25)18-13-14-24(20(16)18)28(26,27)17-10-7-15(2)8-11-17/h7-14,25H,3-6H2,1-2H3,(H2,22,23). The maximum absolute atomic E-state index is 13.3. The zero-order valence-electron chi connectivity index (χ0n) is 16.1. The van der Waals surface area contributed by atoms with Gasteiger partial charge < -0.3 is 10.9 Å². The second kappa shape index (κ2) is 8.06. The first kappa shape index (κ1) is 19.9. The molecule has 1 heterocycles. The number of nitrogens with zero attached hydrogens (tertiary/aromatic N) is 2. The highest BCUT2D eigenvalue weighted by Crippen LogP contribution is 2.29. The Labute approximate surface area is 165 Å². The molecule has 3 N–H and O–H groups in total. The topological polar surface area (TPSA) is 97.7 Å². The van der Waals surface area contributed by atoms with Crippen molar-refractivity contribution in [2.45, 2.75) is 44.4 Å². The molecule has 0 radical (unpaired) electrons. The third-order valence-electron chi connectivity index (χ3n) is 4.91. The molecule has 0 saturated carbocycles. The molecule has 0 amide bonds. The Bertz CT molecular complexity index is 1110. The average Bonchev–Trinajstić information content (AvgIpc) is 3.14. The normalized spacial score (nSPS) is 12.6. The van der Waals surface area contributed by atoms with E-state index < -0.39 is 10.0 Å². The Morgan fingerprint density at radius 3 is 2.46 bits per heavy atom. The second-order valence-electron chi connectivity index (χ2n) is 6.91. The quantitative estimate of drug-likeness (QED) is 0.206. The third kappa shape index (κ3) is 3.62. The van der Waals surface area contributed by atoms with Gasteiger partial charge in [-0.15, -0.1) is 0 Å². The summed E-state index contributed by atoms with van der Waals surface area (Å²) in [6, 6.07) is 12.1. The van der Waals surface area contributed by atoms with Crippen LogP contribution < -0.4 is 5.73 Å². The van der Waals surface area contributed by atoms with Crippen LogP contribution in [0, 0.1) is 6.92 Å². The van der Waals surface area contributed by atoms with Crippen LogP contribution in [0.3, 0.4) is 0 Å². The number of aromatic nitrogens is 1. The molecule has 3 aromatic rings. The summed E-state index contributed by atoms with van der Waals surface area (Å²) >= 11 is 0. The monoisotopic (exact) mass is 399 g/mol. The van der Waals surface area contributed by atoms with E-state index in [2.05, 4.69) is 12.1 Å². The summed E-state index contributed by atoms with van der Waals surface area (Å²) in [6.07, 6.45) is 5.40. The van der Waals surface area contributed by atoms with Crippen LogP contribution in [-0.2, 0) is 16.4 Å². The van der Waals surface area contributed by atoms with Crippen molar-refractivity contribution in [1.29, 1.82) is 0 Å². The van der Waals surface area contributed by atoms with E-state index in [1.807, 2.05) is 13.0 Å². The lowest BCUT2D eigenvalue weighted by molar-refractivity contribution is 0.318. The Morgan fingerprint density at radius 1 is 1.11 bits per heavy atom. The number of rotatable bonds is 7. The number of fused-ring (bicyclic) bond motifs is 1. The largest absolute Gasteiger partial charge is 0.409 e. The number of hydrogen-bond donors (Lipinski definition) is 2. The molecule has 2 aromatic carbocycles. The number of nitrogens with two attached hydrogens (primary N) is 1. The van der Waals surface area contributed by atoms with Gasteiger partial charge in [0.05, 0.1) is 10.4 Å². The molecule has 148 valence electrons. The van der Waals surface area contributed by atoms with Gasteiger partial charge in [0.25, 0.3) is 10.0 Å². The minimum absolute atomic E-state index is 0.0457. The van der Waals surface area contributed by atoms with Crippen molar-refractivity contribution in [2.75, 3.05) is 0 Å². The highest BCUT2D eigenvalue weighted by Gasteiger charge is 2.22. The van der Waals surface area contributed by atoms with Crippen LogP contribution in [0.25, 0.3) is 10.9 Å². The van der Waals surface area contributed by atoms with E-state index in [4.69, 9.17) is 10.9 Å². The second-order valence-corrected chi connectivity index (χ2v) is 8.72. The van der Waals surface area contributed by atoms with E-state index in [1.54, 1.807) is 36.4 Å². The summed E-state index contributed by atoms with van der Waals surface area (Å²) in [7, 11) is -3.77. The van der Waals surface area contributed by atoms with Crippen LogP contribution in [0.15, 0.2) is 58.7 Å². The summed E-state index contributed by atoms with van der Waals surface area (Å²) in [5.41, 5.74) is 8.83. The Hall–Kier alpha value is -2.80. The number of hydrogen-bond acceptors (Lipinski definition) is 4. The molecule has 0 bridgehead atoms. The van der Waals surface area contributed by atoms with E-state index in [1.165, 1.54) is 10.2 Å². The highest BCUT2D eigenvalue weighted by molar-refractivity contribution is 7.90. The third-order valence-corrected chi connectivity index (χ3v) is 6.60. The van der Waals surface area contributed by atoms with Gasteiger partial charge in [-0.05, 0) is 43.5 Å². The molecule has 7 heteroatoms. The van der Waals surface area contributed by atoms with E-state index in [0.29, 0.717) is 16.5 Å². The predicted octanol–water partition coefficient (Wildman–Crippen LogP) is 4.01. The zero-order valence-corrected chi connectivity index (χ0v) is 16.9. The molecular weight excluding hydrogens is 374 g/mol. The first-order valence-electron chi connectivity index (χ1n) is 9.33. The fourth-order valence-electron chi connectivity index (χ4n) is 3.37. The number of benzene rings is 2. The zero-order chi connectivity index (χ0) is 20.3. The molecule has 0 spiro atoms. The molecule has 6 nitrogen and oxygen atoms in total. The number of aryl methyl sites for hydroxylation is 2. The van der Waals surface area contributed by atoms with Crippen molar-refractivity contribution in [3.05, 3.63) is 65.4 Å². The molecular formula is C21H25N3O3S. The molecule has 0 unspecified atom stereocenters. The van der Waals surface area contributed by atoms with Gasteiger partial charge in [-0.1, -0.05) is 54.8 Å². The van der Waals surface area contributed by atoms with E-state index >= 15 is 0 Å². The van der Waals surface area contributed by atoms with Crippen LogP contribution in [0.1, 0.15) is 42.9 Å². The van der Waals surface area contributed by atoms with Gasteiger partial charge in [0.1, 0.15) is 0 Å². The molecule has 1 aromatic heterocycles. The summed E-state index contributed by atoms with van der Waals surface area (Å²) in [5, 5.41) is 12.8. The van der Waals surface area contributed by atoms with Gasteiger partial charge in [-0.2, -0.15) is 0 Å². The summed E-state index contributed by atoms with van der Waals surface area (Å²) < 4.78 is 27.9. The number of oxime groups is 1. The minimum Gasteiger partial charge on any atom is -0.409 e. The van der Waals surface area contributed by atoms with E-state index in [9.17, 15) is 8.42 Å². The van der Waals surface area contributed by atoms with Crippen LogP contribution >= 0.6 is 0 Å². The average molecular weight is 400 g/mol. The van der Waals surface area contributed by atoms with E-state index in [-0.39, 0.29) is 10.7 Å². The van der Waals surface area contributed by atoms with Crippen LogP contribution in [0.5, 0.6) is 0 Å². The van der Waals surface area contributed by atoms with Crippen molar-refractivity contribution in [3.63, 3.8) is 0 Å². The van der Waals surface area contributed by atoms with E-state index in [0.717, 1.165) is 36.8 Å². The van der Waals surface area contributed by atoms with Crippen LogP contribution in [0.4, 0.5) is 0 Å². The molecule has 0 aliphatic carbocycles. The lowest BCUT2D eigenvalue weighted by Gasteiger charge is -2.13. The van der Waals surface area contributed by atoms with Crippen molar-refractivity contribution >= 4 is 26.8 Å². The minimum atomic E-state index is -3.77. The van der Waals surface area contributed by atoms with Gasteiger partial charge in [0, 0.05) is 17.1 Å².